The first-order chi connectivity index (χ1) is 43.8. The van der Waals surface area contributed by atoms with Gasteiger partial charge in [0.1, 0.15) is 23.3 Å². The van der Waals surface area contributed by atoms with Crippen molar-refractivity contribution >= 4 is 58.0 Å². The fourth-order valence-corrected chi connectivity index (χ4v) is 12.9. The van der Waals surface area contributed by atoms with Crippen LogP contribution < -0.4 is 0 Å². The molecular weight excluding hydrogens is 1330 g/mol. The molecule has 0 aliphatic carbocycles. The first-order valence-corrected chi connectivity index (χ1v) is 34.5. The highest BCUT2D eigenvalue weighted by Gasteiger charge is 2.36. The van der Waals surface area contributed by atoms with Crippen LogP contribution >= 0.6 is 58.0 Å². The third-order valence-electron chi connectivity index (χ3n) is 15.1. The van der Waals surface area contributed by atoms with Crippen LogP contribution in [0.5, 0.6) is 0 Å². The van der Waals surface area contributed by atoms with E-state index in [4.69, 9.17) is 58.0 Å². The molecule has 0 nitrogen and oxygen atoms in total. The molecule has 0 aliphatic heterocycles. The molecule has 97 heavy (non-hydrogen) atoms. The van der Waals surface area contributed by atoms with Gasteiger partial charge in [-0.05, 0) is 193 Å². The van der Waals surface area contributed by atoms with E-state index in [1.807, 2.05) is 103 Å². The minimum Gasteiger partial charge on any atom is -0.207 e. The first-order valence-electron chi connectivity index (χ1n) is 32.6. The molecule has 0 fully saturated rings. The maximum Gasteiger partial charge on any atom is 0.416 e. The van der Waals surface area contributed by atoms with Gasteiger partial charge in [0, 0.05) is 30.7 Å². The van der Waals surface area contributed by atoms with Crippen LogP contribution in [0.15, 0.2) is 158 Å². The van der Waals surface area contributed by atoms with Gasteiger partial charge in [0.05, 0.1) is 5.56 Å². The van der Waals surface area contributed by atoms with Crippen LogP contribution in [0.25, 0.3) is 0 Å². The molecule has 8 aromatic rings. The summed E-state index contributed by atoms with van der Waals surface area (Å²) >= 11 is 29.7. The summed E-state index contributed by atoms with van der Waals surface area (Å²) in [5.41, 5.74) is 11.1. The summed E-state index contributed by atoms with van der Waals surface area (Å²) in [6.45, 7) is 57.3. The molecule has 0 saturated carbocycles. The van der Waals surface area contributed by atoms with Gasteiger partial charge in [-0.3, -0.25) is 0 Å². The maximum atomic E-state index is 13.3. The zero-order valence-electron chi connectivity index (χ0n) is 63.0. The van der Waals surface area contributed by atoms with E-state index >= 15 is 0 Å². The number of benzene rings is 8. The average molecular weight is 1440 g/mol. The Balaban J connectivity index is 0.000000555. The van der Waals surface area contributed by atoms with Gasteiger partial charge >= 0.3 is 6.18 Å². The normalized spacial score (nSPS) is 11.9. The SMILES string of the molecule is CC(C)(C)c1c(F)cccc1F.CC(C)(C)c1ccc(Cl)cc1Cl.CC(C)(C)c1ccc(Cl)cc1Cl.CC(C)(C)c1ccccc1C(F)(F)F.CC(C)(C)c1ccccc1F.Cc1cccc(C)c1C(C)(C)C.Cc1cccc(Cl)c1C(C)(C)C.Cc1cccc(F)c1C(C)(C)C. The molecule has 12 heteroatoms. The van der Waals surface area contributed by atoms with Gasteiger partial charge in [0.2, 0.25) is 0 Å². The van der Waals surface area contributed by atoms with Crippen molar-refractivity contribution in [2.75, 3.05) is 0 Å². The summed E-state index contributed by atoms with van der Waals surface area (Å²) in [6.07, 6.45) is -4.26. The van der Waals surface area contributed by atoms with Crippen molar-refractivity contribution in [3.05, 3.63) is 278 Å². The first kappa shape index (κ1) is 89.7. The van der Waals surface area contributed by atoms with E-state index in [2.05, 4.69) is 128 Å². The van der Waals surface area contributed by atoms with E-state index < -0.39 is 34.2 Å². The van der Waals surface area contributed by atoms with Crippen LogP contribution in [-0.2, 0) is 49.5 Å². The third kappa shape index (κ3) is 30.6. The van der Waals surface area contributed by atoms with Gasteiger partial charge < -0.3 is 0 Å². The Morgan fingerprint density at radius 2 is 0.495 bits per heavy atom. The highest BCUT2D eigenvalue weighted by Crippen LogP contribution is 2.39. The molecule has 0 saturated heterocycles. The molecule has 0 unspecified atom stereocenters. The molecule has 0 radical (unpaired) electrons. The van der Waals surface area contributed by atoms with E-state index in [1.165, 1.54) is 70.3 Å². The molecule has 8 aromatic carbocycles. The van der Waals surface area contributed by atoms with Gasteiger partial charge in [-0.25, -0.2) is 17.6 Å². The van der Waals surface area contributed by atoms with E-state index in [9.17, 15) is 30.7 Å². The lowest BCUT2D eigenvalue weighted by atomic mass is 9.81. The zero-order valence-corrected chi connectivity index (χ0v) is 66.8. The highest BCUT2D eigenvalue weighted by molar-refractivity contribution is 6.35. The molecule has 0 aliphatic rings. The van der Waals surface area contributed by atoms with Gasteiger partial charge in [0.15, 0.2) is 0 Å². The minimum atomic E-state index is -4.26. The molecule has 8 rings (SSSR count). The van der Waals surface area contributed by atoms with Crippen LogP contribution in [0.1, 0.15) is 238 Å². The van der Waals surface area contributed by atoms with Crippen LogP contribution in [-0.4, -0.2) is 0 Å². The quantitative estimate of drug-likeness (QED) is 0.133. The Bertz CT molecular complexity index is 3330. The van der Waals surface area contributed by atoms with Gasteiger partial charge in [0.25, 0.3) is 0 Å². The summed E-state index contributed by atoms with van der Waals surface area (Å²) < 4.78 is 90.4. The van der Waals surface area contributed by atoms with Crippen LogP contribution in [0.3, 0.4) is 0 Å². The molecule has 0 spiro atoms. The van der Waals surface area contributed by atoms with E-state index in [0.717, 1.165) is 49.0 Å². The number of hydrogen-bond acceptors (Lipinski definition) is 0. The minimum absolute atomic E-state index is 0.0850. The maximum absolute atomic E-state index is 13.3. The molecule has 0 atom stereocenters. The standard InChI is InChI=1S/C12H18.C11H15Cl.C11H13F3.C11H15F.2C10H12Cl2.C10H12F2.C10H13F/c1-9-7-6-8-10(2)11(9)12(3,4)5;1-8-6-5-7-9(12)10(8)11(2,3)4;1-10(2,3)8-6-4-5-7-9(8)11(12,13)14;1-8-6-5-7-9(12)10(8)11(2,3)4;2*1-10(2,3)8-5-4-7(11)6-9(8)12;1-10(2,3)9-7(11)5-4-6-8(9)12;1-10(2,3)8-6-4-5-7-9(8)11/h6-8H,1-5H3;5-7H,1-4H3;4-7H,1-3H3;5-7H,1-4H3;3*4-6H,1-3H3;4-7H,1-3H3. The van der Waals surface area contributed by atoms with Crippen LogP contribution in [0.4, 0.5) is 30.7 Å². The van der Waals surface area contributed by atoms with Crippen molar-refractivity contribution in [1.82, 2.24) is 0 Å². The molecule has 0 N–H and O–H groups in total. The fraction of sp³-hybridized carbons (Fsp3) is 0.435. The van der Waals surface area contributed by atoms with Crippen molar-refractivity contribution in [1.29, 1.82) is 0 Å². The van der Waals surface area contributed by atoms with E-state index in [1.54, 1.807) is 71.9 Å². The zero-order chi connectivity index (χ0) is 75.6. The number of aryl methyl sites for hydroxylation is 4. The Morgan fingerprint density at radius 3 is 0.732 bits per heavy atom. The number of rotatable bonds is 0. The number of halogens is 12. The van der Waals surface area contributed by atoms with Crippen molar-refractivity contribution in [3.8, 4) is 0 Å². The second kappa shape index (κ2) is 36.9. The summed E-state index contributed by atoms with van der Waals surface area (Å²) in [5, 5.41) is 3.74. The van der Waals surface area contributed by atoms with E-state index in [-0.39, 0.29) is 49.7 Å². The average Bonchev–Trinajstić information content (AvgIpc) is 0.828. The van der Waals surface area contributed by atoms with Crippen molar-refractivity contribution in [2.24, 2.45) is 0 Å². The topological polar surface area (TPSA) is 0 Å². The van der Waals surface area contributed by atoms with Gasteiger partial charge in [-0.15, -0.1) is 0 Å². The molecule has 0 aromatic heterocycles. The fourth-order valence-electron chi connectivity index (χ4n) is 11.0. The lowest BCUT2D eigenvalue weighted by Crippen LogP contribution is -2.19. The summed E-state index contributed by atoms with van der Waals surface area (Å²) in [4.78, 5) is 0. The Labute approximate surface area is 606 Å². The summed E-state index contributed by atoms with van der Waals surface area (Å²) in [5.74, 6) is -1.15. The second-order valence-corrected chi connectivity index (χ2v) is 34.6. The van der Waals surface area contributed by atoms with Crippen molar-refractivity contribution in [3.63, 3.8) is 0 Å². The Hall–Kier alpha value is -5.28. The van der Waals surface area contributed by atoms with Crippen LogP contribution in [0.2, 0.25) is 25.1 Å². The molecular formula is C85H110Cl5F7. The van der Waals surface area contributed by atoms with Crippen LogP contribution in [0, 0.1) is 51.0 Å². The molecule has 0 bridgehead atoms. The van der Waals surface area contributed by atoms with Crippen molar-refractivity contribution < 1.29 is 30.7 Å². The summed E-state index contributed by atoms with van der Waals surface area (Å²) in [7, 11) is 0. The largest absolute Gasteiger partial charge is 0.416 e. The summed E-state index contributed by atoms with van der Waals surface area (Å²) in [6, 6.07) is 45.6. The molecule has 0 heterocycles. The lowest BCUT2D eigenvalue weighted by Gasteiger charge is -2.23. The smallest absolute Gasteiger partial charge is 0.207 e. The Kier molecular flexibility index (Phi) is 34.1. The van der Waals surface area contributed by atoms with Crippen molar-refractivity contribution in [2.45, 2.75) is 243 Å². The van der Waals surface area contributed by atoms with E-state index in [0.29, 0.717) is 15.6 Å². The molecule has 0 amide bonds. The van der Waals surface area contributed by atoms with Gasteiger partial charge in [-0.1, -0.05) is 321 Å². The monoisotopic (exact) mass is 1440 g/mol. The predicted octanol–water partition coefficient (Wildman–Crippen LogP) is 29.9. The second-order valence-electron chi connectivity index (χ2n) is 32.5. The lowest BCUT2D eigenvalue weighted by molar-refractivity contribution is -0.138. The molecule has 534 valence electrons. The number of hydrogen-bond donors (Lipinski definition) is 0. The Morgan fingerprint density at radius 1 is 0.227 bits per heavy atom. The number of alkyl halides is 3. The predicted molar refractivity (Wildman–Crippen MR) is 410 cm³/mol. The third-order valence-corrected chi connectivity index (χ3v) is 16.5. The van der Waals surface area contributed by atoms with Gasteiger partial charge in [-0.2, -0.15) is 13.2 Å². The highest BCUT2D eigenvalue weighted by atomic mass is 35.5.